The van der Waals surface area contributed by atoms with E-state index in [0.717, 1.165) is 18.4 Å². The molecule has 1 nitrogen and oxygen atoms in total. The fraction of sp³-hybridized carbons (Fsp3) is 0.583. The van der Waals surface area contributed by atoms with E-state index in [9.17, 15) is 4.79 Å². The molecule has 0 aliphatic carbocycles. The molecule has 0 aromatic heterocycles. The molecule has 0 aliphatic heterocycles. The number of carbonyl (C=O) groups excluding carboxylic acids is 1. The first-order valence-electron chi connectivity index (χ1n) is 4.84. The van der Waals surface area contributed by atoms with Crippen molar-refractivity contribution in [3.05, 3.63) is 23.8 Å². The van der Waals surface area contributed by atoms with Crippen LogP contribution in [-0.4, -0.2) is 5.78 Å². The molecule has 0 aromatic rings. The van der Waals surface area contributed by atoms with Crippen molar-refractivity contribution in [3.63, 3.8) is 0 Å². The summed E-state index contributed by atoms with van der Waals surface area (Å²) in [7, 11) is 0. The van der Waals surface area contributed by atoms with Crippen LogP contribution in [0.5, 0.6) is 0 Å². The summed E-state index contributed by atoms with van der Waals surface area (Å²) < 4.78 is 0. The van der Waals surface area contributed by atoms with E-state index in [1.807, 2.05) is 26.8 Å². The van der Waals surface area contributed by atoms with Gasteiger partial charge in [0, 0.05) is 5.92 Å². The molecule has 0 rings (SSSR count). The van der Waals surface area contributed by atoms with Gasteiger partial charge in [0.2, 0.25) is 0 Å². The van der Waals surface area contributed by atoms with Crippen molar-refractivity contribution >= 4 is 5.78 Å². The quantitative estimate of drug-likeness (QED) is 0.592. The zero-order valence-corrected chi connectivity index (χ0v) is 9.18. The first-order chi connectivity index (χ1) is 6.02. The van der Waals surface area contributed by atoms with Gasteiger partial charge in [-0.15, -0.1) is 0 Å². The molecular formula is C12H20O. The summed E-state index contributed by atoms with van der Waals surface area (Å²) >= 11 is 0. The highest BCUT2D eigenvalue weighted by Gasteiger charge is 2.13. The Balaban J connectivity index is 4.26. The van der Waals surface area contributed by atoms with Crippen LogP contribution < -0.4 is 0 Å². The van der Waals surface area contributed by atoms with Gasteiger partial charge in [0.05, 0.1) is 0 Å². The highest BCUT2D eigenvalue weighted by atomic mass is 16.1. The Kier molecular flexibility index (Phi) is 5.36. The van der Waals surface area contributed by atoms with Crippen molar-refractivity contribution in [2.24, 2.45) is 5.92 Å². The number of allylic oxidation sites excluding steroid dienone is 3. The molecule has 0 aromatic carbocycles. The zero-order valence-electron chi connectivity index (χ0n) is 9.18. The Morgan fingerprint density at radius 3 is 2.31 bits per heavy atom. The van der Waals surface area contributed by atoms with Crippen molar-refractivity contribution < 1.29 is 4.79 Å². The molecule has 0 saturated heterocycles. The van der Waals surface area contributed by atoms with Crippen molar-refractivity contribution in [1.82, 2.24) is 0 Å². The second-order valence-electron chi connectivity index (χ2n) is 3.50. The summed E-state index contributed by atoms with van der Waals surface area (Å²) in [5.74, 6) is 0.426. The molecule has 0 N–H and O–H groups in total. The fourth-order valence-electron chi connectivity index (χ4n) is 1.24. The summed E-state index contributed by atoms with van der Waals surface area (Å²) in [6, 6.07) is 0. The summed E-state index contributed by atoms with van der Waals surface area (Å²) in [5.41, 5.74) is 2.28. The first-order valence-corrected chi connectivity index (χ1v) is 4.84. The fourth-order valence-corrected chi connectivity index (χ4v) is 1.24. The van der Waals surface area contributed by atoms with E-state index in [0.29, 0.717) is 0 Å². The summed E-state index contributed by atoms with van der Waals surface area (Å²) in [4.78, 5) is 11.2. The van der Waals surface area contributed by atoms with Crippen molar-refractivity contribution in [3.8, 4) is 0 Å². The molecule has 0 heterocycles. The van der Waals surface area contributed by atoms with E-state index in [1.165, 1.54) is 5.57 Å². The van der Waals surface area contributed by atoms with Gasteiger partial charge in [-0.05, 0) is 33.6 Å². The number of hydrogen-bond acceptors (Lipinski definition) is 1. The van der Waals surface area contributed by atoms with E-state index in [4.69, 9.17) is 0 Å². The molecule has 74 valence electrons. The van der Waals surface area contributed by atoms with E-state index in [-0.39, 0.29) is 11.7 Å². The third-order valence-electron chi connectivity index (χ3n) is 2.55. The summed E-state index contributed by atoms with van der Waals surface area (Å²) in [6.45, 7) is 11.7. The van der Waals surface area contributed by atoms with Crippen LogP contribution in [0.2, 0.25) is 0 Å². The predicted octanol–water partition coefficient (Wildman–Crippen LogP) is 3.51. The van der Waals surface area contributed by atoms with Gasteiger partial charge in [0.25, 0.3) is 0 Å². The zero-order chi connectivity index (χ0) is 10.4. The minimum Gasteiger partial charge on any atom is -0.300 e. The third-order valence-corrected chi connectivity index (χ3v) is 2.55. The van der Waals surface area contributed by atoms with Gasteiger partial charge >= 0.3 is 0 Å². The van der Waals surface area contributed by atoms with Gasteiger partial charge in [-0.3, -0.25) is 4.79 Å². The second kappa shape index (κ2) is 5.74. The molecule has 0 aliphatic rings. The smallest absolute Gasteiger partial charge is 0.133 e. The topological polar surface area (TPSA) is 17.1 Å². The molecule has 13 heavy (non-hydrogen) atoms. The molecular weight excluding hydrogens is 160 g/mol. The monoisotopic (exact) mass is 180 g/mol. The number of hydrogen-bond donors (Lipinski definition) is 0. The first kappa shape index (κ1) is 12.2. The molecule has 1 atom stereocenters. The molecule has 1 heteroatoms. The minimum absolute atomic E-state index is 0.155. The summed E-state index contributed by atoms with van der Waals surface area (Å²) in [5, 5.41) is 0. The normalized spacial score (nSPS) is 14.0. The molecule has 0 amide bonds. The van der Waals surface area contributed by atoms with Crippen LogP contribution in [0.3, 0.4) is 0 Å². The largest absolute Gasteiger partial charge is 0.300 e. The minimum atomic E-state index is 0.155. The Bertz CT molecular complexity index is 223. The highest BCUT2D eigenvalue weighted by molar-refractivity contribution is 5.78. The number of ketones is 1. The second-order valence-corrected chi connectivity index (χ2v) is 3.50. The van der Waals surface area contributed by atoms with Gasteiger partial charge in [0.1, 0.15) is 5.78 Å². The van der Waals surface area contributed by atoms with Crippen molar-refractivity contribution in [1.29, 1.82) is 0 Å². The lowest BCUT2D eigenvalue weighted by atomic mass is 9.91. The lowest BCUT2D eigenvalue weighted by Gasteiger charge is -2.13. The van der Waals surface area contributed by atoms with E-state index < -0.39 is 0 Å². The number of Topliss-reactive ketones (excluding diaryl/α,β-unsaturated/α-hetero) is 1. The van der Waals surface area contributed by atoms with Crippen LogP contribution >= 0.6 is 0 Å². The molecule has 0 spiro atoms. The van der Waals surface area contributed by atoms with Crippen LogP contribution in [0.15, 0.2) is 23.8 Å². The Labute approximate surface area is 81.5 Å². The average Bonchev–Trinajstić information content (AvgIpc) is 2.11. The lowest BCUT2D eigenvalue weighted by molar-refractivity contribution is -0.120. The standard InChI is InChI=1S/C12H20O/c1-6-9(3)10(4)8-12(7-2)11(5)13/h6,12H,4,7-8H2,1-3,5H3/b9-6-. The van der Waals surface area contributed by atoms with Gasteiger partial charge < -0.3 is 0 Å². The van der Waals surface area contributed by atoms with Crippen molar-refractivity contribution in [2.45, 2.75) is 40.5 Å². The van der Waals surface area contributed by atoms with Gasteiger partial charge in [-0.1, -0.05) is 30.7 Å². The van der Waals surface area contributed by atoms with Crippen molar-refractivity contribution in [2.75, 3.05) is 0 Å². The molecule has 1 unspecified atom stereocenters. The molecule has 0 bridgehead atoms. The Hall–Kier alpha value is -0.850. The Morgan fingerprint density at radius 1 is 1.46 bits per heavy atom. The van der Waals surface area contributed by atoms with Crippen LogP contribution in [0.1, 0.15) is 40.5 Å². The van der Waals surface area contributed by atoms with Crippen LogP contribution in [0, 0.1) is 5.92 Å². The Morgan fingerprint density at radius 2 is 2.00 bits per heavy atom. The van der Waals surface area contributed by atoms with Gasteiger partial charge in [0.15, 0.2) is 0 Å². The van der Waals surface area contributed by atoms with Gasteiger partial charge in [-0.2, -0.15) is 0 Å². The highest BCUT2D eigenvalue weighted by Crippen LogP contribution is 2.20. The predicted molar refractivity (Wildman–Crippen MR) is 57.7 cm³/mol. The molecule has 0 saturated carbocycles. The lowest BCUT2D eigenvalue weighted by Crippen LogP contribution is -2.10. The number of carbonyl (C=O) groups is 1. The third kappa shape index (κ3) is 4.07. The van der Waals surface area contributed by atoms with E-state index in [2.05, 4.69) is 6.58 Å². The SMILES string of the molecule is C=C(CC(CC)C(C)=O)/C(C)=C\C. The van der Waals surface area contributed by atoms with E-state index in [1.54, 1.807) is 6.92 Å². The maximum Gasteiger partial charge on any atom is 0.133 e. The van der Waals surface area contributed by atoms with E-state index >= 15 is 0 Å². The van der Waals surface area contributed by atoms with Crippen LogP contribution in [0.4, 0.5) is 0 Å². The molecule has 0 fully saturated rings. The number of rotatable bonds is 5. The maximum atomic E-state index is 11.2. The average molecular weight is 180 g/mol. The maximum absolute atomic E-state index is 11.2. The molecule has 0 radical (unpaired) electrons. The van der Waals surface area contributed by atoms with Gasteiger partial charge in [-0.25, -0.2) is 0 Å². The van der Waals surface area contributed by atoms with Crippen LogP contribution in [-0.2, 0) is 4.79 Å². The van der Waals surface area contributed by atoms with Crippen LogP contribution in [0.25, 0.3) is 0 Å². The summed E-state index contributed by atoms with van der Waals surface area (Å²) in [6.07, 6.45) is 3.75.